The minimum atomic E-state index is 0.0204. The SMILES string of the molecule is COc1ccc2sc(N3CC(C(=O)NCCn4nc(C)cc4C)C3)nc2c1. The number of aromatic nitrogens is 3. The molecule has 27 heavy (non-hydrogen) atoms. The Morgan fingerprint density at radius 3 is 2.85 bits per heavy atom. The van der Waals surface area contributed by atoms with E-state index in [0.29, 0.717) is 26.2 Å². The first-order chi connectivity index (χ1) is 13.0. The van der Waals surface area contributed by atoms with Crippen molar-refractivity contribution in [2.24, 2.45) is 5.92 Å². The van der Waals surface area contributed by atoms with E-state index in [1.54, 1.807) is 18.4 Å². The Hall–Kier alpha value is -2.61. The third-order valence-corrected chi connectivity index (χ3v) is 5.93. The molecule has 1 aliphatic heterocycles. The molecular weight excluding hydrogens is 362 g/mol. The molecule has 3 aromatic rings. The highest BCUT2D eigenvalue weighted by Crippen LogP contribution is 2.34. The van der Waals surface area contributed by atoms with Crippen LogP contribution < -0.4 is 15.0 Å². The van der Waals surface area contributed by atoms with Gasteiger partial charge in [-0.1, -0.05) is 11.3 Å². The molecule has 0 spiro atoms. The van der Waals surface area contributed by atoms with E-state index in [0.717, 1.165) is 32.5 Å². The third kappa shape index (κ3) is 3.62. The van der Waals surface area contributed by atoms with Gasteiger partial charge in [0.1, 0.15) is 5.75 Å². The fraction of sp³-hybridized carbons (Fsp3) is 0.421. The summed E-state index contributed by atoms with van der Waals surface area (Å²) in [5, 5.41) is 8.40. The van der Waals surface area contributed by atoms with Crippen molar-refractivity contribution in [3.63, 3.8) is 0 Å². The van der Waals surface area contributed by atoms with Crippen LogP contribution in [0.5, 0.6) is 5.75 Å². The Kier molecular flexibility index (Phi) is 4.73. The highest BCUT2D eigenvalue weighted by Gasteiger charge is 2.34. The van der Waals surface area contributed by atoms with Crippen molar-refractivity contribution < 1.29 is 9.53 Å². The number of thiazole rings is 1. The summed E-state index contributed by atoms with van der Waals surface area (Å²) in [4.78, 5) is 19.2. The van der Waals surface area contributed by atoms with Gasteiger partial charge >= 0.3 is 0 Å². The van der Waals surface area contributed by atoms with Gasteiger partial charge in [0.05, 0.1) is 35.5 Å². The molecule has 0 saturated carbocycles. The summed E-state index contributed by atoms with van der Waals surface area (Å²) in [5.41, 5.74) is 3.05. The Morgan fingerprint density at radius 2 is 2.15 bits per heavy atom. The predicted molar refractivity (Wildman–Crippen MR) is 107 cm³/mol. The zero-order valence-corrected chi connectivity index (χ0v) is 16.5. The number of aryl methyl sites for hydroxylation is 2. The maximum absolute atomic E-state index is 12.3. The van der Waals surface area contributed by atoms with Gasteiger partial charge in [0.2, 0.25) is 5.91 Å². The zero-order valence-electron chi connectivity index (χ0n) is 15.7. The zero-order chi connectivity index (χ0) is 19.0. The first-order valence-corrected chi connectivity index (χ1v) is 9.83. The molecule has 2 aromatic heterocycles. The second-order valence-electron chi connectivity index (χ2n) is 6.87. The average Bonchev–Trinajstić information content (AvgIpc) is 3.15. The Morgan fingerprint density at radius 1 is 1.33 bits per heavy atom. The fourth-order valence-corrected chi connectivity index (χ4v) is 4.25. The number of carbonyl (C=O) groups is 1. The van der Waals surface area contributed by atoms with Gasteiger partial charge in [0, 0.05) is 31.4 Å². The van der Waals surface area contributed by atoms with Crippen LogP contribution in [0.1, 0.15) is 11.4 Å². The van der Waals surface area contributed by atoms with Gasteiger partial charge in [-0.15, -0.1) is 0 Å². The number of nitrogens with zero attached hydrogens (tertiary/aromatic N) is 4. The molecule has 8 heteroatoms. The quantitative estimate of drug-likeness (QED) is 0.705. The van der Waals surface area contributed by atoms with Crippen molar-refractivity contribution in [1.82, 2.24) is 20.1 Å². The van der Waals surface area contributed by atoms with E-state index in [9.17, 15) is 4.79 Å². The molecule has 1 aromatic carbocycles. The second kappa shape index (κ2) is 7.19. The number of amides is 1. The van der Waals surface area contributed by atoms with Crippen LogP contribution in [0.25, 0.3) is 10.2 Å². The molecule has 0 unspecified atom stereocenters. The number of hydrogen-bond donors (Lipinski definition) is 1. The summed E-state index contributed by atoms with van der Waals surface area (Å²) >= 11 is 1.65. The maximum atomic E-state index is 12.3. The Labute approximate surface area is 162 Å². The van der Waals surface area contributed by atoms with Crippen LogP contribution in [-0.4, -0.2) is 47.4 Å². The number of benzene rings is 1. The van der Waals surface area contributed by atoms with E-state index in [-0.39, 0.29) is 11.8 Å². The average molecular weight is 385 g/mol. The van der Waals surface area contributed by atoms with Gasteiger partial charge in [-0.25, -0.2) is 4.98 Å². The predicted octanol–water partition coefficient (Wildman–Crippen LogP) is 2.37. The molecule has 1 N–H and O–H groups in total. The minimum Gasteiger partial charge on any atom is -0.497 e. The van der Waals surface area contributed by atoms with E-state index < -0.39 is 0 Å². The number of anilines is 1. The topological polar surface area (TPSA) is 72.3 Å². The van der Waals surface area contributed by atoms with Crippen molar-refractivity contribution in [1.29, 1.82) is 0 Å². The molecule has 0 bridgehead atoms. The van der Waals surface area contributed by atoms with Crippen molar-refractivity contribution in [2.75, 3.05) is 31.6 Å². The summed E-state index contributed by atoms with van der Waals surface area (Å²) < 4.78 is 8.31. The van der Waals surface area contributed by atoms with Crippen molar-refractivity contribution in [3.05, 3.63) is 35.7 Å². The number of methoxy groups -OCH3 is 1. The first kappa shape index (κ1) is 17.8. The lowest BCUT2D eigenvalue weighted by Crippen LogP contribution is -2.54. The van der Waals surface area contributed by atoms with Crippen LogP contribution in [0.2, 0.25) is 0 Å². The molecule has 1 saturated heterocycles. The monoisotopic (exact) mass is 385 g/mol. The van der Waals surface area contributed by atoms with Gasteiger partial charge in [-0.3, -0.25) is 9.48 Å². The molecular formula is C19H23N5O2S. The highest BCUT2D eigenvalue weighted by molar-refractivity contribution is 7.22. The molecule has 4 rings (SSSR count). The van der Waals surface area contributed by atoms with Gasteiger partial charge < -0.3 is 15.0 Å². The minimum absolute atomic E-state index is 0.0204. The maximum Gasteiger partial charge on any atom is 0.226 e. The molecule has 0 radical (unpaired) electrons. The number of hydrogen-bond acceptors (Lipinski definition) is 6. The van der Waals surface area contributed by atoms with Crippen molar-refractivity contribution in [3.8, 4) is 5.75 Å². The first-order valence-electron chi connectivity index (χ1n) is 9.02. The van der Waals surface area contributed by atoms with Gasteiger partial charge in [-0.2, -0.15) is 5.10 Å². The summed E-state index contributed by atoms with van der Waals surface area (Å²) in [6, 6.07) is 7.95. The normalized spacial score (nSPS) is 14.4. The number of fused-ring (bicyclic) bond motifs is 1. The van der Waals surface area contributed by atoms with E-state index in [2.05, 4.69) is 20.3 Å². The van der Waals surface area contributed by atoms with Gasteiger partial charge in [-0.05, 0) is 32.0 Å². The van der Waals surface area contributed by atoms with Crippen molar-refractivity contribution in [2.45, 2.75) is 20.4 Å². The van der Waals surface area contributed by atoms with Crippen LogP contribution in [-0.2, 0) is 11.3 Å². The smallest absolute Gasteiger partial charge is 0.226 e. The molecule has 0 atom stereocenters. The lowest BCUT2D eigenvalue weighted by atomic mass is 10.0. The Balaban J connectivity index is 1.28. The number of nitrogens with one attached hydrogen (secondary N) is 1. The summed E-state index contributed by atoms with van der Waals surface area (Å²) in [6.45, 7) is 6.72. The van der Waals surface area contributed by atoms with E-state index in [1.807, 2.05) is 42.8 Å². The molecule has 1 fully saturated rings. The van der Waals surface area contributed by atoms with E-state index in [1.165, 1.54) is 0 Å². The molecule has 142 valence electrons. The highest BCUT2D eigenvalue weighted by atomic mass is 32.1. The van der Waals surface area contributed by atoms with Crippen LogP contribution in [0, 0.1) is 19.8 Å². The van der Waals surface area contributed by atoms with Crippen LogP contribution in [0.4, 0.5) is 5.13 Å². The Bertz CT molecular complexity index is 974. The number of ether oxygens (including phenoxy) is 1. The van der Waals surface area contributed by atoms with Crippen LogP contribution in [0.3, 0.4) is 0 Å². The van der Waals surface area contributed by atoms with Crippen molar-refractivity contribution >= 4 is 32.6 Å². The van der Waals surface area contributed by atoms with Gasteiger partial charge in [0.15, 0.2) is 5.13 Å². The van der Waals surface area contributed by atoms with Gasteiger partial charge in [0.25, 0.3) is 0 Å². The molecule has 0 aliphatic carbocycles. The number of carbonyl (C=O) groups excluding carboxylic acids is 1. The molecule has 7 nitrogen and oxygen atoms in total. The second-order valence-corrected chi connectivity index (χ2v) is 7.88. The van der Waals surface area contributed by atoms with Crippen LogP contribution >= 0.6 is 11.3 Å². The third-order valence-electron chi connectivity index (χ3n) is 4.83. The van der Waals surface area contributed by atoms with Crippen LogP contribution in [0.15, 0.2) is 24.3 Å². The lowest BCUT2D eigenvalue weighted by Gasteiger charge is -2.37. The van der Waals surface area contributed by atoms with E-state index in [4.69, 9.17) is 4.74 Å². The summed E-state index contributed by atoms with van der Waals surface area (Å²) in [5.74, 6) is 0.936. The summed E-state index contributed by atoms with van der Waals surface area (Å²) in [7, 11) is 1.65. The fourth-order valence-electron chi connectivity index (χ4n) is 3.29. The summed E-state index contributed by atoms with van der Waals surface area (Å²) in [6.07, 6.45) is 0. The largest absolute Gasteiger partial charge is 0.497 e. The molecule has 1 amide bonds. The number of rotatable bonds is 6. The molecule has 1 aliphatic rings. The van der Waals surface area contributed by atoms with E-state index >= 15 is 0 Å². The standard InChI is InChI=1S/C19H23N5O2S/c1-12-8-13(2)24(22-12)7-6-20-18(25)14-10-23(11-14)19-21-16-9-15(26-3)4-5-17(16)27-19/h4-5,8-9,14H,6-7,10-11H2,1-3H3,(H,20,25). The molecule has 3 heterocycles. The lowest BCUT2D eigenvalue weighted by molar-refractivity contribution is -0.125.